The first-order chi connectivity index (χ1) is 12.0. The number of likely N-dealkylation sites (N-methyl/N-ethyl adjacent to an activating group) is 1. The van der Waals surface area contributed by atoms with Gasteiger partial charge in [-0.15, -0.1) is 0 Å². The maximum Gasteiger partial charge on any atom is 0.271 e. The summed E-state index contributed by atoms with van der Waals surface area (Å²) in [5.41, 5.74) is 0.366. The third-order valence-electron chi connectivity index (χ3n) is 3.73. The zero-order chi connectivity index (χ0) is 18.2. The van der Waals surface area contributed by atoms with E-state index in [1.807, 2.05) is 6.07 Å². The molecule has 1 aromatic heterocycles. The van der Waals surface area contributed by atoms with Crippen LogP contribution in [0.4, 0.5) is 0 Å². The molecule has 8 heteroatoms. The molecular formula is C17H22BrClN4O2. The number of hydrogen-bond donors (Lipinski definition) is 1. The van der Waals surface area contributed by atoms with Gasteiger partial charge >= 0.3 is 0 Å². The number of carbonyl (C=O) groups is 1. The number of ether oxygens (including phenoxy) is 1. The molecule has 25 heavy (non-hydrogen) atoms. The molecule has 2 aromatic rings. The molecule has 1 N–H and O–H groups in total. The highest BCUT2D eigenvalue weighted by molar-refractivity contribution is 9.10. The summed E-state index contributed by atoms with van der Waals surface area (Å²) in [5, 5.41) is 7.61. The van der Waals surface area contributed by atoms with E-state index >= 15 is 0 Å². The van der Waals surface area contributed by atoms with Crippen molar-refractivity contribution in [2.45, 2.75) is 20.6 Å². The van der Waals surface area contributed by atoms with E-state index < -0.39 is 0 Å². The summed E-state index contributed by atoms with van der Waals surface area (Å²) in [6.45, 7) is 7.74. The Labute approximate surface area is 161 Å². The molecule has 1 aromatic carbocycles. The highest BCUT2D eigenvalue weighted by Crippen LogP contribution is 2.27. The van der Waals surface area contributed by atoms with Gasteiger partial charge in [0, 0.05) is 23.8 Å². The molecule has 136 valence electrons. The predicted octanol–water partition coefficient (Wildman–Crippen LogP) is 3.41. The third kappa shape index (κ3) is 6.02. The SMILES string of the molecule is CCN(CC)CCNC(=O)c1ccn(COc2ccc(Br)cc2Cl)n1. The molecule has 0 fully saturated rings. The van der Waals surface area contributed by atoms with Crippen molar-refractivity contribution in [1.29, 1.82) is 0 Å². The van der Waals surface area contributed by atoms with Crippen molar-refractivity contribution in [1.82, 2.24) is 20.0 Å². The lowest BCUT2D eigenvalue weighted by Gasteiger charge is -2.17. The number of nitrogens with zero attached hydrogens (tertiary/aromatic N) is 3. The number of nitrogens with one attached hydrogen (secondary N) is 1. The van der Waals surface area contributed by atoms with E-state index in [1.54, 1.807) is 29.1 Å². The van der Waals surface area contributed by atoms with E-state index in [9.17, 15) is 4.79 Å². The van der Waals surface area contributed by atoms with Gasteiger partial charge < -0.3 is 15.0 Å². The molecule has 0 radical (unpaired) electrons. The maximum absolute atomic E-state index is 12.1. The van der Waals surface area contributed by atoms with Gasteiger partial charge in [-0.3, -0.25) is 4.79 Å². The quantitative estimate of drug-likeness (QED) is 0.664. The Balaban J connectivity index is 1.83. The topological polar surface area (TPSA) is 59.4 Å². The van der Waals surface area contributed by atoms with Crippen molar-refractivity contribution in [3.63, 3.8) is 0 Å². The maximum atomic E-state index is 12.1. The van der Waals surface area contributed by atoms with Gasteiger partial charge in [-0.05, 0) is 37.4 Å². The number of benzene rings is 1. The smallest absolute Gasteiger partial charge is 0.271 e. The van der Waals surface area contributed by atoms with Gasteiger partial charge in [0.05, 0.1) is 5.02 Å². The van der Waals surface area contributed by atoms with Crippen LogP contribution >= 0.6 is 27.5 Å². The van der Waals surface area contributed by atoms with Gasteiger partial charge in [0.15, 0.2) is 6.73 Å². The fourth-order valence-electron chi connectivity index (χ4n) is 2.24. The largest absolute Gasteiger partial charge is 0.470 e. The number of hydrogen-bond acceptors (Lipinski definition) is 4. The van der Waals surface area contributed by atoms with Gasteiger partial charge in [0.2, 0.25) is 0 Å². The molecule has 1 heterocycles. The van der Waals surface area contributed by atoms with Gasteiger partial charge in [-0.25, -0.2) is 4.68 Å². The summed E-state index contributed by atoms with van der Waals surface area (Å²) in [5.74, 6) is 0.373. The molecule has 0 unspecified atom stereocenters. The van der Waals surface area contributed by atoms with Gasteiger partial charge in [-0.1, -0.05) is 41.4 Å². The van der Waals surface area contributed by atoms with Crippen LogP contribution < -0.4 is 10.1 Å². The van der Waals surface area contributed by atoms with E-state index in [0.717, 1.165) is 24.1 Å². The van der Waals surface area contributed by atoms with Crippen molar-refractivity contribution in [3.8, 4) is 5.75 Å². The Bertz CT molecular complexity index is 704. The first-order valence-electron chi connectivity index (χ1n) is 8.15. The lowest BCUT2D eigenvalue weighted by atomic mass is 10.3. The zero-order valence-corrected chi connectivity index (χ0v) is 16.7. The second-order valence-corrected chi connectivity index (χ2v) is 6.69. The Morgan fingerprint density at radius 2 is 2.12 bits per heavy atom. The van der Waals surface area contributed by atoms with Crippen LogP contribution in [-0.4, -0.2) is 46.8 Å². The van der Waals surface area contributed by atoms with E-state index in [-0.39, 0.29) is 12.6 Å². The molecule has 0 atom stereocenters. The van der Waals surface area contributed by atoms with Crippen molar-refractivity contribution in [2.24, 2.45) is 0 Å². The molecule has 0 saturated heterocycles. The normalized spacial score (nSPS) is 10.9. The standard InChI is InChI=1S/C17H22BrClN4O2/c1-3-22(4-2)10-8-20-17(24)15-7-9-23(21-15)12-25-16-6-5-13(18)11-14(16)19/h5-7,9,11H,3-4,8,10,12H2,1-2H3,(H,20,24). The van der Waals surface area contributed by atoms with Crippen LogP contribution in [-0.2, 0) is 6.73 Å². The summed E-state index contributed by atoms with van der Waals surface area (Å²) in [4.78, 5) is 14.4. The van der Waals surface area contributed by atoms with Crippen LogP contribution in [0.1, 0.15) is 24.3 Å². The van der Waals surface area contributed by atoms with Crippen molar-refractivity contribution >= 4 is 33.4 Å². The average Bonchev–Trinajstić information content (AvgIpc) is 3.07. The molecule has 0 bridgehead atoms. The fraction of sp³-hybridized carbons (Fsp3) is 0.412. The van der Waals surface area contributed by atoms with Crippen LogP contribution in [0.5, 0.6) is 5.75 Å². The molecular weight excluding hydrogens is 408 g/mol. The van der Waals surface area contributed by atoms with Gasteiger partial charge in [-0.2, -0.15) is 5.10 Å². The Morgan fingerprint density at radius 3 is 2.80 bits per heavy atom. The predicted molar refractivity (Wildman–Crippen MR) is 102 cm³/mol. The highest BCUT2D eigenvalue weighted by atomic mass is 79.9. The molecule has 2 rings (SSSR count). The number of rotatable bonds is 9. The van der Waals surface area contributed by atoms with E-state index in [1.165, 1.54) is 0 Å². The Kier molecular flexibility index (Phi) is 7.74. The Hall–Kier alpha value is -1.57. The van der Waals surface area contributed by atoms with Crippen molar-refractivity contribution in [3.05, 3.63) is 45.7 Å². The zero-order valence-electron chi connectivity index (χ0n) is 14.3. The van der Waals surface area contributed by atoms with Crippen LogP contribution in [0.15, 0.2) is 34.9 Å². The summed E-state index contributed by atoms with van der Waals surface area (Å²) in [6, 6.07) is 7.05. The average molecular weight is 430 g/mol. The molecule has 6 nitrogen and oxygen atoms in total. The minimum absolute atomic E-state index is 0.175. The van der Waals surface area contributed by atoms with Crippen LogP contribution in [0.25, 0.3) is 0 Å². The second-order valence-electron chi connectivity index (χ2n) is 5.37. The number of amides is 1. The fourth-order valence-corrected chi connectivity index (χ4v) is 2.97. The van der Waals surface area contributed by atoms with Crippen molar-refractivity contribution < 1.29 is 9.53 Å². The lowest BCUT2D eigenvalue weighted by Crippen LogP contribution is -2.35. The summed E-state index contributed by atoms with van der Waals surface area (Å²) in [7, 11) is 0. The van der Waals surface area contributed by atoms with E-state index in [2.05, 4.69) is 45.1 Å². The molecule has 0 aliphatic heterocycles. The number of halogens is 2. The summed E-state index contributed by atoms with van der Waals surface area (Å²) < 4.78 is 8.06. The van der Waals surface area contributed by atoms with Gasteiger partial charge in [0.1, 0.15) is 11.4 Å². The Morgan fingerprint density at radius 1 is 1.36 bits per heavy atom. The molecule has 0 saturated carbocycles. The third-order valence-corrected chi connectivity index (χ3v) is 4.52. The van der Waals surface area contributed by atoms with Crippen LogP contribution in [0, 0.1) is 0 Å². The number of aromatic nitrogens is 2. The van der Waals surface area contributed by atoms with E-state index in [0.29, 0.717) is 23.0 Å². The van der Waals surface area contributed by atoms with Crippen LogP contribution in [0.3, 0.4) is 0 Å². The van der Waals surface area contributed by atoms with E-state index in [4.69, 9.17) is 16.3 Å². The molecule has 1 amide bonds. The minimum Gasteiger partial charge on any atom is -0.470 e. The summed E-state index contributed by atoms with van der Waals surface area (Å²) in [6.07, 6.45) is 1.70. The lowest BCUT2D eigenvalue weighted by molar-refractivity contribution is 0.0942. The monoisotopic (exact) mass is 428 g/mol. The molecule has 0 aliphatic rings. The van der Waals surface area contributed by atoms with Crippen molar-refractivity contribution in [2.75, 3.05) is 26.2 Å². The molecule has 0 spiro atoms. The minimum atomic E-state index is -0.187. The second kappa shape index (κ2) is 9.79. The summed E-state index contributed by atoms with van der Waals surface area (Å²) >= 11 is 9.45. The number of carbonyl (C=O) groups excluding carboxylic acids is 1. The molecule has 0 aliphatic carbocycles. The first kappa shape index (κ1) is 19.8. The van der Waals surface area contributed by atoms with Gasteiger partial charge in [0.25, 0.3) is 5.91 Å². The van der Waals surface area contributed by atoms with Crippen LogP contribution in [0.2, 0.25) is 5.02 Å². The first-order valence-corrected chi connectivity index (χ1v) is 9.32. The highest BCUT2D eigenvalue weighted by Gasteiger charge is 2.10.